The lowest BCUT2D eigenvalue weighted by Crippen LogP contribution is -2.42. The van der Waals surface area contributed by atoms with Crippen LogP contribution in [0.2, 0.25) is 0 Å². The monoisotopic (exact) mass is 331 g/mol. The van der Waals surface area contributed by atoms with Crippen molar-refractivity contribution in [2.45, 2.75) is 12.5 Å². The molecule has 3 amide bonds. The molecule has 2 fully saturated rings. The number of cyclic esters (lactones) is 1. The average molecular weight is 331 g/mol. The van der Waals surface area contributed by atoms with Crippen LogP contribution >= 0.6 is 11.3 Å². The number of amides is 3. The Morgan fingerprint density at radius 2 is 2.13 bits per heavy atom. The first kappa shape index (κ1) is 14.1. The van der Waals surface area contributed by atoms with Crippen molar-refractivity contribution in [3.8, 4) is 0 Å². The van der Waals surface area contributed by atoms with Crippen molar-refractivity contribution in [2.75, 3.05) is 19.7 Å². The molecule has 7 nitrogen and oxygen atoms in total. The van der Waals surface area contributed by atoms with Gasteiger partial charge in [-0.15, -0.1) is 11.3 Å². The summed E-state index contributed by atoms with van der Waals surface area (Å²) in [5.41, 5.74) is 0.801. The molecular weight excluding hydrogens is 318 g/mol. The van der Waals surface area contributed by atoms with Gasteiger partial charge in [-0.25, -0.2) is 14.7 Å². The van der Waals surface area contributed by atoms with Crippen molar-refractivity contribution < 1.29 is 19.1 Å². The highest BCUT2D eigenvalue weighted by molar-refractivity contribution is 7.20. The molecule has 4 rings (SSSR count). The lowest BCUT2D eigenvalue weighted by molar-refractivity contribution is -0.127. The molecule has 0 unspecified atom stereocenters. The van der Waals surface area contributed by atoms with Crippen LogP contribution < -0.4 is 0 Å². The van der Waals surface area contributed by atoms with E-state index < -0.39 is 6.09 Å². The number of hydrogen-bond acceptors (Lipinski definition) is 6. The molecule has 8 heteroatoms. The fourth-order valence-corrected chi connectivity index (χ4v) is 3.89. The molecule has 118 valence electrons. The summed E-state index contributed by atoms with van der Waals surface area (Å²) < 4.78 is 5.70. The van der Waals surface area contributed by atoms with E-state index >= 15 is 0 Å². The number of likely N-dealkylation sites (tertiary alicyclic amines) is 1. The summed E-state index contributed by atoms with van der Waals surface area (Å²) in [6, 6.07) is 7.28. The van der Waals surface area contributed by atoms with Gasteiger partial charge in [0.2, 0.25) is 0 Å². The molecule has 1 aromatic heterocycles. The van der Waals surface area contributed by atoms with Crippen LogP contribution in [0.3, 0.4) is 0 Å². The van der Waals surface area contributed by atoms with Gasteiger partial charge in [-0.1, -0.05) is 12.1 Å². The molecular formula is C15H13N3O4S. The van der Waals surface area contributed by atoms with Gasteiger partial charge in [0, 0.05) is 13.1 Å². The Morgan fingerprint density at radius 3 is 2.87 bits per heavy atom. The van der Waals surface area contributed by atoms with Crippen molar-refractivity contribution in [1.29, 1.82) is 0 Å². The number of imide groups is 1. The Balaban J connectivity index is 1.52. The van der Waals surface area contributed by atoms with E-state index in [0.29, 0.717) is 24.5 Å². The van der Waals surface area contributed by atoms with Gasteiger partial charge in [-0.2, -0.15) is 0 Å². The zero-order valence-corrected chi connectivity index (χ0v) is 12.9. The van der Waals surface area contributed by atoms with E-state index in [1.165, 1.54) is 11.3 Å². The Hall–Kier alpha value is -2.48. The Bertz CT molecular complexity index is 769. The summed E-state index contributed by atoms with van der Waals surface area (Å²) in [4.78, 5) is 43.0. The molecule has 0 aliphatic carbocycles. The minimum absolute atomic E-state index is 0.159. The Kier molecular flexibility index (Phi) is 3.26. The van der Waals surface area contributed by atoms with E-state index in [1.807, 2.05) is 24.3 Å². The highest BCUT2D eigenvalue weighted by Gasteiger charge is 2.41. The predicted molar refractivity (Wildman–Crippen MR) is 82.1 cm³/mol. The van der Waals surface area contributed by atoms with E-state index in [2.05, 4.69) is 4.98 Å². The fraction of sp³-hybridized carbons (Fsp3) is 0.333. The summed E-state index contributed by atoms with van der Waals surface area (Å²) in [5, 5.41) is 0.433. The minimum Gasteiger partial charge on any atom is -0.439 e. The summed E-state index contributed by atoms with van der Waals surface area (Å²) in [7, 11) is 0. The van der Waals surface area contributed by atoms with E-state index in [9.17, 15) is 14.4 Å². The van der Waals surface area contributed by atoms with Crippen LogP contribution in [0.5, 0.6) is 0 Å². The highest BCUT2D eigenvalue weighted by atomic mass is 32.1. The number of para-hydroxylation sites is 1. The maximum Gasteiger partial charge on any atom is 0.417 e. The van der Waals surface area contributed by atoms with Gasteiger partial charge in [0.1, 0.15) is 0 Å². The third-order valence-corrected chi connectivity index (χ3v) is 5.10. The molecule has 1 aromatic carbocycles. The Morgan fingerprint density at radius 1 is 1.30 bits per heavy atom. The second-order valence-corrected chi connectivity index (χ2v) is 6.53. The minimum atomic E-state index is -0.616. The number of carbonyl (C=O) groups is 3. The number of carbonyl (C=O) groups excluding carboxylic acids is 3. The van der Waals surface area contributed by atoms with Gasteiger partial charge in [0.05, 0.1) is 16.3 Å². The molecule has 3 heterocycles. The molecule has 23 heavy (non-hydrogen) atoms. The molecule has 2 aliphatic heterocycles. The van der Waals surface area contributed by atoms with Gasteiger partial charge in [-0.3, -0.25) is 9.59 Å². The standard InChI is InChI=1S/C15H13N3O4S/c19-12-8-22-15(21)18(12)9-5-6-17(7-9)14(20)13-16-10-3-1-2-4-11(10)23-13/h1-4,9H,5-8H2/t9-/m1/s1. The summed E-state index contributed by atoms with van der Waals surface area (Å²) in [6.07, 6.45) is -0.0495. The van der Waals surface area contributed by atoms with Crippen LogP contribution in [0, 0.1) is 0 Å². The molecule has 0 saturated carbocycles. The quantitative estimate of drug-likeness (QED) is 0.833. The lowest BCUT2D eigenvalue weighted by Gasteiger charge is -2.19. The van der Waals surface area contributed by atoms with E-state index in [0.717, 1.165) is 15.1 Å². The third-order valence-electron chi connectivity index (χ3n) is 4.08. The number of fused-ring (bicyclic) bond motifs is 1. The zero-order valence-electron chi connectivity index (χ0n) is 12.1. The van der Waals surface area contributed by atoms with Crippen molar-refractivity contribution in [3.05, 3.63) is 29.3 Å². The number of nitrogens with zero attached hydrogens (tertiary/aromatic N) is 3. The van der Waals surface area contributed by atoms with Crippen molar-refractivity contribution in [1.82, 2.24) is 14.8 Å². The van der Waals surface area contributed by atoms with Crippen molar-refractivity contribution in [2.24, 2.45) is 0 Å². The predicted octanol–water partition coefficient (Wildman–Crippen LogP) is 1.49. The largest absolute Gasteiger partial charge is 0.439 e. The van der Waals surface area contributed by atoms with Gasteiger partial charge < -0.3 is 9.64 Å². The zero-order chi connectivity index (χ0) is 16.0. The number of ether oxygens (including phenoxy) is 1. The topological polar surface area (TPSA) is 79.8 Å². The summed E-state index contributed by atoms with van der Waals surface area (Å²) >= 11 is 1.35. The third kappa shape index (κ3) is 2.35. The average Bonchev–Trinajstić information content (AvgIpc) is 3.25. The molecule has 2 aliphatic rings. The van der Waals surface area contributed by atoms with Gasteiger partial charge >= 0.3 is 6.09 Å². The smallest absolute Gasteiger partial charge is 0.417 e. The van der Waals surface area contributed by atoms with Crippen molar-refractivity contribution in [3.63, 3.8) is 0 Å². The van der Waals surface area contributed by atoms with Crippen LogP contribution in [0.15, 0.2) is 24.3 Å². The SMILES string of the molecule is O=C(c1nc2ccccc2s1)N1CC[C@@H](N2C(=O)COC2=O)C1. The molecule has 2 aromatic rings. The molecule has 0 radical (unpaired) electrons. The molecule has 2 saturated heterocycles. The van der Waals surface area contributed by atoms with Crippen LogP contribution in [0.25, 0.3) is 10.2 Å². The first-order chi connectivity index (χ1) is 11.1. The second kappa shape index (κ2) is 5.31. The number of benzene rings is 1. The molecule has 0 bridgehead atoms. The number of hydrogen-bond donors (Lipinski definition) is 0. The van der Waals surface area contributed by atoms with Crippen LogP contribution in [-0.2, 0) is 9.53 Å². The van der Waals surface area contributed by atoms with Gasteiger partial charge in [-0.05, 0) is 18.6 Å². The molecule has 1 atom stereocenters. The maximum absolute atomic E-state index is 12.6. The van der Waals surface area contributed by atoms with Gasteiger partial charge in [0.25, 0.3) is 11.8 Å². The van der Waals surface area contributed by atoms with Crippen LogP contribution in [0.1, 0.15) is 16.2 Å². The van der Waals surface area contributed by atoms with E-state index in [4.69, 9.17) is 4.74 Å². The second-order valence-electron chi connectivity index (χ2n) is 5.50. The van der Waals surface area contributed by atoms with E-state index in [-0.39, 0.29) is 24.5 Å². The van der Waals surface area contributed by atoms with E-state index in [1.54, 1.807) is 4.90 Å². The normalized spacial score (nSPS) is 21.3. The molecule has 0 spiro atoms. The van der Waals surface area contributed by atoms with Gasteiger partial charge in [0.15, 0.2) is 11.6 Å². The summed E-state index contributed by atoms with van der Waals surface area (Å²) in [6.45, 7) is 0.618. The van der Waals surface area contributed by atoms with Crippen LogP contribution in [0.4, 0.5) is 4.79 Å². The highest BCUT2D eigenvalue weighted by Crippen LogP contribution is 2.26. The first-order valence-electron chi connectivity index (χ1n) is 7.27. The van der Waals surface area contributed by atoms with Crippen molar-refractivity contribution >= 4 is 39.5 Å². The fourth-order valence-electron chi connectivity index (χ4n) is 2.95. The maximum atomic E-state index is 12.6. The number of rotatable bonds is 2. The Labute approximate surface area is 135 Å². The first-order valence-corrected chi connectivity index (χ1v) is 8.09. The summed E-state index contributed by atoms with van der Waals surface area (Å²) in [5.74, 6) is -0.497. The number of thiazole rings is 1. The lowest BCUT2D eigenvalue weighted by atomic mass is 10.2. The van der Waals surface area contributed by atoms with Crippen LogP contribution in [-0.4, -0.2) is 58.4 Å². The number of aromatic nitrogens is 1. The molecule has 0 N–H and O–H groups in total.